The van der Waals surface area contributed by atoms with Crippen molar-refractivity contribution in [2.75, 3.05) is 11.9 Å². The summed E-state index contributed by atoms with van der Waals surface area (Å²) in [5, 5.41) is 10.5. The highest BCUT2D eigenvalue weighted by Gasteiger charge is 2.39. The molecule has 210 valence electrons. The number of anilines is 1. The molecule has 3 aromatic rings. The normalized spacial score (nSPS) is 23.3. The Morgan fingerprint density at radius 3 is 2.78 bits per heavy atom. The van der Waals surface area contributed by atoms with Gasteiger partial charge >= 0.3 is 0 Å². The van der Waals surface area contributed by atoms with Crippen LogP contribution >= 0.6 is 0 Å². The minimum atomic E-state index is -0.564. The summed E-state index contributed by atoms with van der Waals surface area (Å²) in [6.07, 6.45) is 11.5. The lowest BCUT2D eigenvalue weighted by Crippen LogP contribution is -2.52. The molecule has 9 nitrogen and oxygen atoms in total. The maximum Gasteiger partial charge on any atom is 0.255 e. The molecule has 1 saturated heterocycles. The van der Waals surface area contributed by atoms with Gasteiger partial charge in [0.25, 0.3) is 5.91 Å². The molecule has 9 heteroatoms. The molecular weight excluding hydrogens is 516 g/mol. The molecule has 3 amide bonds. The summed E-state index contributed by atoms with van der Waals surface area (Å²) in [5.41, 5.74) is 7.00. The van der Waals surface area contributed by atoms with Crippen molar-refractivity contribution in [2.24, 2.45) is 10.9 Å². The van der Waals surface area contributed by atoms with Gasteiger partial charge in [0.1, 0.15) is 6.04 Å². The van der Waals surface area contributed by atoms with Gasteiger partial charge in [-0.1, -0.05) is 37.1 Å². The fraction of sp³-hybridized carbons (Fsp3) is 0.406. The molecule has 3 aliphatic heterocycles. The molecule has 1 atom stereocenters. The number of amides is 3. The van der Waals surface area contributed by atoms with Crippen molar-refractivity contribution in [3.8, 4) is 0 Å². The molecule has 2 aromatic carbocycles. The number of carbonyl (C=O) groups is 3. The molecule has 0 bridgehead atoms. The van der Waals surface area contributed by atoms with Crippen LogP contribution in [0, 0.1) is 5.92 Å². The second-order valence-electron chi connectivity index (χ2n) is 11.8. The van der Waals surface area contributed by atoms with E-state index in [9.17, 15) is 14.4 Å². The van der Waals surface area contributed by atoms with Gasteiger partial charge in [-0.25, -0.2) is 4.99 Å². The number of hydrogen-bond donors (Lipinski definition) is 2. The van der Waals surface area contributed by atoms with E-state index in [1.165, 1.54) is 12.0 Å². The smallest absolute Gasteiger partial charge is 0.255 e. The number of unbranched alkanes of at least 4 members (excludes halogenated alkanes) is 1. The zero-order valence-corrected chi connectivity index (χ0v) is 23.0. The number of aliphatic imine (C=N–C) groups is 1. The summed E-state index contributed by atoms with van der Waals surface area (Å²) >= 11 is 0. The number of aryl methyl sites for hydroxylation is 1. The molecule has 41 heavy (non-hydrogen) atoms. The van der Waals surface area contributed by atoms with Crippen LogP contribution in [0.25, 0.3) is 0 Å². The monoisotopic (exact) mass is 550 g/mol. The highest BCUT2D eigenvalue weighted by Crippen LogP contribution is 2.40. The van der Waals surface area contributed by atoms with E-state index in [0.717, 1.165) is 66.2 Å². The zero-order chi connectivity index (χ0) is 27.9. The van der Waals surface area contributed by atoms with E-state index in [-0.39, 0.29) is 24.1 Å². The predicted octanol–water partition coefficient (Wildman–Crippen LogP) is 4.55. The highest BCUT2D eigenvalue weighted by atomic mass is 16.2. The van der Waals surface area contributed by atoms with Crippen LogP contribution in [-0.4, -0.2) is 50.7 Å². The highest BCUT2D eigenvalue weighted by molar-refractivity contribution is 6.07. The second kappa shape index (κ2) is 10.6. The third kappa shape index (κ3) is 5.05. The molecule has 0 radical (unpaired) electrons. The number of piperidine rings is 1. The van der Waals surface area contributed by atoms with E-state index >= 15 is 0 Å². The Balaban J connectivity index is 0.866. The number of nitrogens with one attached hydrogen (secondary N) is 2. The van der Waals surface area contributed by atoms with E-state index in [1.807, 2.05) is 36.5 Å². The first kappa shape index (κ1) is 25.7. The molecule has 4 aliphatic rings. The van der Waals surface area contributed by atoms with Gasteiger partial charge < -0.3 is 10.2 Å². The van der Waals surface area contributed by atoms with Crippen LogP contribution < -0.4 is 10.6 Å². The molecule has 7 rings (SSSR count). The van der Waals surface area contributed by atoms with Gasteiger partial charge in [0, 0.05) is 30.3 Å². The Morgan fingerprint density at radius 2 is 1.90 bits per heavy atom. The van der Waals surface area contributed by atoms with Crippen molar-refractivity contribution in [3.63, 3.8) is 0 Å². The lowest BCUT2D eigenvalue weighted by atomic mass is 9.77. The molecule has 0 spiro atoms. The molecule has 1 aromatic heterocycles. The van der Waals surface area contributed by atoms with Crippen molar-refractivity contribution in [3.05, 3.63) is 77.1 Å². The summed E-state index contributed by atoms with van der Waals surface area (Å²) in [6, 6.07) is 14.2. The van der Waals surface area contributed by atoms with Gasteiger partial charge in [-0.05, 0) is 67.3 Å². The van der Waals surface area contributed by atoms with E-state index in [4.69, 9.17) is 4.99 Å². The molecule has 2 fully saturated rings. The van der Waals surface area contributed by atoms with E-state index in [1.54, 1.807) is 4.90 Å². The number of carbonyl (C=O) groups excluding carboxylic acids is 3. The molecule has 1 unspecified atom stereocenters. The Morgan fingerprint density at radius 1 is 1.02 bits per heavy atom. The van der Waals surface area contributed by atoms with Gasteiger partial charge in [0.2, 0.25) is 11.8 Å². The SMILES string of the molecule is O=C1CCC(N2Cc3ccc(CCCCC4CC(n5cc(C6=Nc7ccccc7NC6)cn5)C4)cc3C2=O)C(=O)N1. The largest absolute Gasteiger partial charge is 0.378 e. The molecule has 1 saturated carbocycles. The molecule has 4 heterocycles. The van der Waals surface area contributed by atoms with Crippen molar-refractivity contribution < 1.29 is 14.4 Å². The van der Waals surface area contributed by atoms with E-state index in [2.05, 4.69) is 38.7 Å². The van der Waals surface area contributed by atoms with Crippen LogP contribution in [0.4, 0.5) is 11.4 Å². The van der Waals surface area contributed by atoms with Gasteiger partial charge in [0.15, 0.2) is 0 Å². The van der Waals surface area contributed by atoms with Gasteiger partial charge in [-0.2, -0.15) is 5.10 Å². The van der Waals surface area contributed by atoms with Crippen LogP contribution in [0.2, 0.25) is 0 Å². The zero-order valence-electron chi connectivity index (χ0n) is 23.0. The molecular formula is C32H34N6O3. The summed E-state index contributed by atoms with van der Waals surface area (Å²) < 4.78 is 2.12. The first-order valence-corrected chi connectivity index (χ1v) is 14.7. The maximum atomic E-state index is 13.1. The van der Waals surface area contributed by atoms with Crippen LogP contribution in [0.3, 0.4) is 0 Å². The lowest BCUT2D eigenvalue weighted by molar-refractivity contribution is -0.136. The summed E-state index contributed by atoms with van der Waals surface area (Å²) in [7, 11) is 0. The Hall–Kier alpha value is -4.27. The standard InChI is InChI=1S/C32H34N6O3/c39-30-12-11-29(31(40)36-30)37-18-22-10-9-20(15-25(22)32(37)41)5-1-2-6-21-13-24(14-21)38-19-23(16-34-38)28-17-33-26-7-3-4-8-27(26)35-28/h3-4,7-10,15-16,19,21,24,29,33H,1-2,5-6,11-14,17-18H2,(H,36,39,40). The topological polar surface area (TPSA) is 109 Å². The molecule has 1 aliphatic carbocycles. The predicted molar refractivity (Wildman–Crippen MR) is 155 cm³/mol. The lowest BCUT2D eigenvalue weighted by Gasteiger charge is -2.35. The van der Waals surface area contributed by atoms with Crippen LogP contribution in [0.5, 0.6) is 0 Å². The van der Waals surface area contributed by atoms with Crippen molar-refractivity contribution >= 4 is 34.8 Å². The minimum Gasteiger partial charge on any atom is -0.378 e. The second-order valence-corrected chi connectivity index (χ2v) is 11.8. The fourth-order valence-electron chi connectivity index (χ4n) is 6.61. The Labute approximate surface area is 239 Å². The van der Waals surface area contributed by atoms with Crippen molar-refractivity contribution in [2.45, 2.75) is 70.0 Å². The van der Waals surface area contributed by atoms with Gasteiger partial charge in [-0.15, -0.1) is 0 Å². The maximum absolute atomic E-state index is 13.1. The number of hydrogen-bond acceptors (Lipinski definition) is 6. The number of benzene rings is 2. The minimum absolute atomic E-state index is 0.102. The summed E-state index contributed by atoms with van der Waals surface area (Å²) in [5.74, 6) is 0.00314. The number of rotatable bonds is 8. The van der Waals surface area contributed by atoms with Gasteiger partial charge in [-0.3, -0.25) is 24.4 Å². The van der Waals surface area contributed by atoms with Crippen LogP contribution in [0.1, 0.15) is 78.0 Å². The average Bonchev–Trinajstić information content (AvgIpc) is 3.57. The number of imide groups is 1. The fourth-order valence-corrected chi connectivity index (χ4v) is 6.61. The Bertz CT molecular complexity index is 1550. The summed E-state index contributed by atoms with van der Waals surface area (Å²) in [6.45, 7) is 1.15. The van der Waals surface area contributed by atoms with Crippen molar-refractivity contribution in [1.29, 1.82) is 0 Å². The number of aromatic nitrogens is 2. The van der Waals surface area contributed by atoms with Crippen molar-refractivity contribution in [1.82, 2.24) is 20.0 Å². The first-order chi connectivity index (χ1) is 20.0. The number of para-hydroxylation sites is 2. The third-order valence-corrected chi connectivity index (χ3v) is 9.05. The van der Waals surface area contributed by atoms with Gasteiger partial charge in [0.05, 0.1) is 35.9 Å². The van der Waals surface area contributed by atoms with Crippen LogP contribution in [0.15, 0.2) is 59.9 Å². The average molecular weight is 551 g/mol. The third-order valence-electron chi connectivity index (χ3n) is 9.05. The van der Waals surface area contributed by atoms with E-state index in [0.29, 0.717) is 31.1 Å². The first-order valence-electron chi connectivity index (χ1n) is 14.7. The Kier molecular flexibility index (Phi) is 6.65. The molecule has 2 N–H and O–H groups in total. The quantitative estimate of drug-likeness (QED) is 0.316. The number of nitrogens with zero attached hydrogens (tertiary/aromatic N) is 4. The number of fused-ring (bicyclic) bond motifs is 2. The van der Waals surface area contributed by atoms with E-state index < -0.39 is 6.04 Å². The van der Waals surface area contributed by atoms with Crippen LogP contribution in [-0.2, 0) is 22.6 Å². The summed E-state index contributed by atoms with van der Waals surface area (Å²) in [4.78, 5) is 43.3.